The van der Waals surface area contributed by atoms with Crippen molar-refractivity contribution in [2.45, 2.75) is 6.10 Å². The Morgan fingerprint density at radius 3 is 2.44 bits per heavy atom. The molecule has 0 aliphatic carbocycles. The molecule has 0 bridgehead atoms. The molecule has 2 aromatic rings. The second kappa shape index (κ2) is 5.33. The van der Waals surface area contributed by atoms with Crippen LogP contribution in [-0.4, -0.2) is 0 Å². The first-order chi connectivity index (χ1) is 8.70. The van der Waals surface area contributed by atoms with Crippen molar-refractivity contribution in [3.63, 3.8) is 0 Å². The highest BCUT2D eigenvalue weighted by atomic mass is 19.1. The smallest absolute Gasteiger partial charge is 0.187 e. The summed E-state index contributed by atoms with van der Waals surface area (Å²) < 4.78 is 32.1. The van der Waals surface area contributed by atoms with Crippen LogP contribution in [0.5, 0.6) is 5.75 Å². The van der Waals surface area contributed by atoms with Crippen molar-refractivity contribution in [3.05, 3.63) is 65.7 Å². The number of ether oxygens (including phenoxy) is 1. The monoisotopic (exact) mass is 244 g/mol. The third-order valence-corrected chi connectivity index (χ3v) is 2.39. The maximum Gasteiger partial charge on any atom is 0.187 e. The molecule has 2 rings (SSSR count). The van der Waals surface area contributed by atoms with Gasteiger partial charge in [0.25, 0.3) is 0 Å². The van der Waals surface area contributed by atoms with Gasteiger partial charge < -0.3 is 4.74 Å². The van der Waals surface area contributed by atoms with Gasteiger partial charge in [0.05, 0.1) is 0 Å². The average Bonchev–Trinajstić information content (AvgIpc) is 2.40. The first-order valence-corrected chi connectivity index (χ1v) is 5.33. The Labute approximate surface area is 104 Å². The lowest BCUT2D eigenvalue weighted by Crippen LogP contribution is -2.07. The molecule has 2 aromatic carbocycles. The standard InChI is InChI=1S/C15H10F2O/c1-2-15(18-12-6-4-3-5-7-12)13-10-11(16)8-9-14(13)17/h1,3-10,15H. The first kappa shape index (κ1) is 12.1. The topological polar surface area (TPSA) is 9.23 Å². The van der Waals surface area contributed by atoms with E-state index >= 15 is 0 Å². The van der Waals surface area contributed by atoms with Crippen molar-refractivity contribution in [2.24, 2.45) is 0 Å². The molecule has 0 spiro atoms. The van der Waals surface area contributed by atoms with Crippen LogP contribution < -0.4 is 4.74 Å². The lowest BCUT2D eigenvalue weighted by Gasteiger charge is -2.14. The lowest BCUT2D eigenvalue weighted by molar-refractivity contribution is 0.258. The zero-order valence-corrected chi connectivity index (χ0v) is 9.44. The molecule has 0 radical (unpaired) electrons. The van der Waals surface area contributed by atoms with Gasteiger partial charge in [-0.05, 0) is 30.3 Å². The zero-order chi connectivity index (χ0) is 13.0. The minimum atomic E-state index is -0.955. The quantitative estimate of drug-likeness (QED) is 0.748. The number of terminal acetylenes is 1. The van der Waals surface area contributed by atoms with Gasteiger partial charge in [0.2, 0.25) is 0 Å². The molecule has 0 fully saturated rings. The van der Waals surface area contributed by atoms with E-state index in [0.29, 0.717) is 5.75 Å². The van der Waals surface area contributed by atoms with E-state index in [-0.39, 0.29) is 5.56 Å². The maximum absolute atomic E-state index is 13.6. The number of benzene rings is 2. The molecule has 1 atom stereocenters. The minimum Gasteiger partial charge on any atom is -0.473 e. The first-order valence-electron chi connectivity index (χ1n) is 5.33. The maximum atomic E-state index is 13.6. The van der Waals surface area contributed by atoms with Crippen LogP contribution in [0.2, 0.25) is 0 Å². The number of halogens is 2. The molecule has 0 saturated carbocycles. The van der Waals surface area contributed by atoms with E-state index in [4.69, 9.17) is 11.2 Å². The van der Waals surface area contributed by atoms with Crippen molar-refractivity contribution in [3.8, 4) is 18.1 Å². The summed E-state index contributed by atoms with van der Waals surface area (Å²) in [5, 5.41) is 0. The Balaban J connectivity index is 2.29. The second-order valence-electron chi connectivity index (χ2n) is 3.64. The third kappa shape index (κ3) is 2.67. The van der Waals surface area contributed by atoms with Gasteiger partial charge in [-0.15, -0.1) is 6.42 Å². The molecule has 0 N–H and O–H groups in total. The Bertz CT molecular complexity index is 573. The van der Waals surface area contributed by atoms with Crippen LogP contribution in [0, 0.1) is 24.0 Å². The van der Waals surface area contributed by atoms with Gasteiger partial charge in [-0.3, -0.25) is 0 Å². The molecule has 0 aromatic heterocycles. The largest absolute Gasteiger partial charge is 0.473 e. The van der Waals surface area contributed by atoms with Gasteiger partial charge in [-0.1, -0.05) is 24.1 Å². The van der Waals surface area contributed by atoms with Crippen LogP contribution in [0.4, 0.5) is 8.78 Å². The molecular weight excluding hydrogens is 234 g/mol. The molecule has 90 valence electrons. The van der Waals surface area contributed by atoms with Crippen LogP contribution in [0.3, 0.4) is 0 Å². The summed E-state index contributed by atoms with van der Waals surface area (Å²) in [6, 6.07) is 11.9. The molecule has 0 heterocycles. The molecule has 1 nitrogen and oxygen atoms in total. The molecule has 3 heteroatoms. The molecule has 18 heavy (non-hydrogen) atoms. The average molecular weight is 244 g/mol. The van der Waals surface area contributed by atoms with Crippen molar-refractivity contribution in [1.29, 1.82) is 0 Å². The van der Waals surface area contributed by atoms with E-state index in [9.17, 15) is 8.78 Å². The van der Waals surface area contributed by atoms with E-state index in [1.54, 1.807) is 24.3 Å². The highest BCUT2D eigenvalue weighted by molar-refractivity contribution is 5.30. The Morgan fingerprint density at radius 2 is 1.78 bits per heavy atom. The highest BCUT2D eigenvalue weighted by Crippen LogP contribution is 2.24. The number of hydrogen-bond donors (Lipinski definition) is 0. The van der Waals surface area contributed by atoms with Crippen molar-refractivity contribution in [2.75, 3.05) is 0 Å². The molecule has 0 aliphatic rings. The Kier molecular flexibility index (Phi) is 3.59. The van der Waals surface area contributed by atoms with Gasteiger partial charge in [-0.2, -0.15) is 0 Å². The van der Waals surface area contributed by atoms with Crippen LogP contribution >= 0.6 is 0 Å². The van der Waals surface area contributed by atoms with Crippen molar-refractivity contribution in [1.82, 2.24) is 0 Å². The zero-order valence-electron chi connectivity index (χ0n) is 9.44. The Morgan fingerprint density at radius 1 is 1.06 bits per heavy atom. The van der Waals surface area contributed by atoms with Gasteiger partial charge in [-0.25, -0.2) is 8.78 Å². The summed E-state index contributed by atoms with van der Waals surface area (Å²) in [7, 11) is 0. The normalized spacial score (nSPS) is 11.6. The summed E-state index contributed by atoms with van der Waals surface area (Å²) in [6.45, 7) is 0. The number of rotatable bonds is 3. The fourth-order valence-electron chi connectivity index (χ4n) is 1.54. The second-order valence-corrected chi connectivity index (χ2v) is 3.64. The molecule has 0 aliphatic heterocycles. The summed E-state index contributed by atoms with van der Waals surface area (Å²) in [5.74, 6) is 1.67. The van der Waals surface area contributed by atoms with E-state index in [0.717, 1.165) is 18.2 Å². The summed E-state index contributed by atoms with van der Waals surface area (Å²) in [4.78, 5) is 0. The van der Waals surface area contributed by atoms with Crippen LogP contribution in [0.15, 0.2) is 48.5 Å². The fraction of sp³-hybridized carbons (Fsp3) is 0.0667. The summed E-state index contributed by atoms with van der Waals surface area (Å²) >= 11 is 0. The molecule has 1 unspecified atom stereocenters. The van der Waals surface area contributed by atoms with E-state index < -0.39 is 17.7 Å². The summed E-state index contributed by atoms with van der Waals surface area (Å²) in [5.41, 5.74) is 0.0151. The predicted octanol–water partition coefficient (Wildman–Crippen LogP) is 3.72. The molecular formula is C15H10F2O. The number of para-hydroxylation sites is 1. The van der Waals surface area contributed by atoms with E-state index in [2.05, 4.69) is 5.92 Å². The highest BCUT2D eigenvalue weighted by Gasteiger charge is 2.15. The van der Waals surface area contributed by atoms with Crippen molar-refractivity contribution >= 4 is 0 Å². The van der Waals surface area contributed by atoms with Gasteiger partial charge in [0.15, 0.2) is 6.10 Å². The third-order valence-electron chi connectivity index (χ3n) is 2.39. The van der Waals surface area contributed by atoms with Crippen LogP contribution in [0.1, 0.15) is 11.7 Å². The predicted molar refractivity (Wildman–Crippen MR) is 65.0 cm³/mol. The van der Waals surface area contributed by atoms with Crippen molar-refractivity contribution < 1.29 is 13.5 Å². The fourth-order valence-corrected chi connectivity index (χ4v) is 1.54. The van der Waals surface area contributed by atoms with Crippen LogP contribution in [-0.2, 0) is 0 Å². The SMILES string of the molecule is C#CC(Oc1ccccc1)c1cc(F)ccc1F. The molecule has 0 amide bonds. The number of hydrogen-bond acceptors (Lipinski definition) is 1. The minimum absolute atomic E-state index is 0.0151. The van der Waals surface area contributed by atoms with Gasteiger partial charge in [0, 0.05) is 5.56 Å². The van der Waals surface area contributed by atoms with Crippen LogP contribution in [0.25, 0.3) is 0 Å². The van der Waals surface area contributed by atoms with E-state index in [1.807, 2.05) is 6.07 Å². The molecule has 0 saturated heterocycles. The van der Waals surface area contributed by atoms with Gasteiger partial charge >= 0.3 is 0 Å². The van der Waals surface area contributed by atoms with Gasteiger partial charge in [0.1, 0.15) is 17.4 Å². The Hall–Kier alpha value is -2.34. The summed E-state index contributed by atoms with van der Waals surface area (Å²) in [6.07, 6.45) is 4.35. The lowest BCUT2D eigenvalue weighted by atomic mass is 10.1. The van der Waals surface area contributed by atoms with E-state index in [1.165, 1.54) is 0 Å².